The second-order valence-electron chi connectivity index (χ2n) is 6.46. The Morgan fingerprint density at radius 3 is 2.60 bits per heavy atom. The van der Waals surface area contributed by atoms with Gasteiger partial charge in [0.15, 0.2) is 0 Å². The number of nitrogens with one attached hydrogen (secondary N) is 1. The molecule has 1 aliphatic carbocycles. The molecule has 2 fully saturated rings. The molecule has 0 amide bonds. The summed E-state index contributed by atoms with van der Waals surface area (Å²) < 4.78 is 0. The zero-order valence-corrected chi connectivity index (χ0v) is 10.7. The lowest BCUT2D eigenvalue weighted by atomic mass is 10.1. The summed E-state index contributed by atoms with van der Waals surface area (Å²) in [7, 11) is 0. The Morgan fingerprint density at radius 2 is 2.07 bits per heavy atom. The fourth-order valence-electron chi connectivity index (χ4n) is 2.81. The summed E-state index contributed by atoms with van der Waals surface area (Å²) in [5, 5.41) is 3.64. The molecule has 1 aliphatic heterocycles. The Hall–Kier alpha value is -0.0800. The summed E-state index contributed by atoms with van der Waals surface area (Å²) >= 11 is 0. The van der Waals surface area contributed by atoms with Crippen LogP contribution in [0.15, 0.2) is 0 Å². The summed E-state index contributed by atoms with van der Waals surface area (Å²) in [4.78, 5) is 2.65. The van der Waals surface area contributed by atoms with Crippen molar-refractivity contribution in [1.29, 1.82) is 0 Å². The van der Waals surface area contributed by atoms with Crippen LogP contribution in [0.1, 0.15) is 40.5 Å². The number of hydrogen-bond acceptors (Lipinski definition) is 2. The molecule has 0 aromatic heterocycles. The maximum atomic E-state index is 3.64. The second-order valence-corrected chi connectivity index (χ2v) is 6.46. The van der Waals surface area contributed by atoms with Crippen LogP contribution in [0.25, 0.3) is 0 Å². The van der Waals surface area contributed by atoms with Crippen LogP contribution in [0.3, 0.4) is 0 Å². The van der Waals surface area contributed by atoms with E-state index in [1.807, 2.05) is 0 Å². The lowest BCUT2D eigenvalue weighted by molar-refractivity contribution is 0.295. The van der Waals surface area contributed by atoms with Crippen molar-refractivity contribution in [2.75, 3.05) is 19.6 Å². The van der Waals surface area contributed by atoms with Gasteiger partial charge in [0.25, 0.3) is 0 Å². The number of hydrogen-bond donors (Lipinski definition) is 1. The minimum Gasteiger partial charge on any atom is -0.310 e. The van der Waals surface area contributed by atoms with Crippen LogP contribution in [0, 0.1) is 11.3 Å². The highest BCUT2D eigenvalue weighted by Crippen LogP contribution is 2.51. The van der Waals surface area contributed by atoms with Crippen molar-refractivity contribution in [1.82, 2.24) is 10.2 Å². The van der Waals surface area contributed by atoms with E-state index in [-0.39, 0.29) is 0 Å². The third kappa shape index (κ3) is 2.94. The molecule has 1 heterocycles. The average Bonchev–Trinajstić information content (AvgIpc) is 2.54. The van der Waals surface area contributed by atoms with E-state index in [0.29, 0.717) is 11.5 Å². The molecule has 1 N–H and O–H groups in total. The van der Waals surface area contributed by atoms with Crippen LogP contribution in [0.4, 0.5) is 0 Å². The first kappa shape index (κ1) is 11.4. The van der Waals surface area contributed by atoms with Gasteiger partial charge in [-0.05, 0) is 30.7 Å². The molecule has 2 unspecified atom stereocenters. The van der Waals surface area contributed by atoms with Gasteiger partial charge in [0.05, 0.1) is 0 Å². The van der Waals surface area contributed by atoms with Crippen molar-refractivity contribution in [3.63, 3.8) is 0 Å². The van der Waals surface area contributed by atoms with Gasteiger partial charge in [-0.15, -0.1) is 0 Å². The van der Waals surface area contributed by atoms with E-state index in [4.69, 9.17) is 0 Å². The number of likely N-dealkylation sites (tertiary alicyclic amines) is 1. The molecule has 0 aromatic carbocycles. The average molecular weight is 210 g/mol. The molecule has 2 heteroatoms. The maximum absolute atomic E-state index is 3.64. The van der Waals surface area contributed by atoms with E-state index in [1.165, 1.54) is 32.5 Å². The van der Waals surface area contributed by atoms with Gasteiger partial charge in [0.2, 0.25) is 0 Å². The summed E-state index contributed by atoms with van der Waals surface area (Å²) in [6, 6.07) is 1.37. The first-order valence-electron chi connectivity index (χ1n) is 6.46. The van der Waals surface area contributed by atoms with E-state index in [0.717, 1.165) is 12.0 Å². The molecular weight excluding hydrogens is 184 g/mol. The van der Waals surface area contributed by atoms with Gasteiger partial charge in [0.1, 0.15) is 0 Å². The minimum atomic E-state index is 0.632. The Kier molecular flexibility index (Phi) is 3.09. The van der Waals surface area contributed by atoms with Crippen LogP contribution in [-0.4, -0.2) is 36.6 Å². The fourth-order valence-corrected chi connectivity index (χ4v) is 2.81. The molecule has 2 aliphatic rings. The maximum Gasteiger partial charge on any atom is 0.0209 e. The van der Waals surface area contributed by atoms with Gasteiger partial charge in [-0.25, -0.2) is 0 Å². The van der Waals surface area contributed by atoms with E-state index in [9.17, 15) is 0 Å². The molecule has 2 rings (SSSR count). The SMILES string of the molecule is CC(C)NC1CCN(CC2CC2(C)C)C1. The Morgan fingerprint density at radius 1 is 1.40 bits per heavy atom. The molecule has 1 saturated heterocycles. The number of rotatable bonds is 4. The summed E-state index contributed by atoms with van der Waals surface area (Å²) in [5.41, 5.74) is 0.642. The Labute approximate surface area is 94.4 Å². The van der Waals surface area contributed by atoms with Crippen molar-refractivity contribution in [3.05, 3.63) is 0 Å². The van der Waals surface area contributed by atoms with Gasteiger partial charge in [0, 0.05) is 25.2 Å². The summed E-state index contributed by atoms with van der Waals surface area (Å²) in [6.45, 7) is 13.2. The molecular formula is C13H26N2. The molecule has 0 spiro atoms. The zero-order chi connectivity index (χ0) is 11.1. The summed E-state index contributed by atoms with van der Waals surface area (Å²) in [5.74, 6) is 0.968. The van der Waals surface area contributed by atoms with Gasteiger partial charge < -0.3 is 10.2 Å². The normalized spacial score (nSPS) is 35.0. The lowest BCUT2D eigenvalue weighted by Crippen LogP contribution is -2.37. The lowest BCUT2D eigenvalue weighted by Gasteiger charge is -2.18. The Balaban J connectivity index is 1.69. The van der Waals surface area contributed by atoms with E-state index >= 15 is 0 Å². The van der Waals surface area contributed by atoms with Crippen LogP contribution in [0.2, 0.25) is 0 Å². The van der Waals surface area contributed by atoms with Crippen molar-refractivity contribution < 1.29 is 0 Å². The largest absolute Gasteiger partial charge is 0.310 e. The van der Waals surface area contributed by atoms with Gasteiger partial charge in [-0.2, -0.15) is 0 Å². The van der Waals surface area contributed by atoms with E-state index in [1.54, 1.807) is 0 Å². The van der Waals surface area contributed by atoms with Crippen molar-refractivity contribution in [2.45, 2.75) is 52.6 Å². The molecule has 0 radical (unpaired) electrons. The van der Waals surface area contributed by atoms with E-state index < -0.39 is 0 Å². The highest BCUT2D eigenvalue weighted by atomic mass is 15.2. The molecule has 1 saturated carbocycles. The van der Waals surface area contributed by atoms with Gasteiger partial charge in [-0.1, -0.05) is 27.7 Å². The van der Waals surface area contributed by atoms with Crippen LogP contribution in [0.5, 0.6) is 0 Å². The predicted molar refractivity (Wildman–Crippen MR) is 65.0 cm³/mol. The highest BCUT2D eigenvalue weighted by molar-refractivity contribution is 4.98. The van der Waals surface area contributed by atoms with Crippen LogP contribution in [-0.2, 0) is 0 Å². The monoisotopic (exact) mass is 210 g/mol. The fraction of sp³-hybridized carbons (Fsp3) is 1.00. The quantitative estimate of drug-likeness (QED) is 0.764. The van der Waals surface area contributed by atoms with Crippen molar-refractivity contribution in [2.24, 2.45) is 11.3 Å². The van der Waals surface area contributed by atoms with Crippen LogP contribution >= 0.6 is 0 Å². The molecule has 2 nitrogen and oxygen atoms in total. The third-order valence-corrected chi connectivity index (χ3v) is 4.04. The molecule has 15 heavy (non-hydrogen) atoms. The standard InChI is InChI=1S/C13H26N2/c1-10(2)14-12-5-6-15(9-12)8-11-7-13(11,3)4/h10-12,14H,5-9H2,1-4H3. The topological polar surface area (TPSA) is 15.3 Å². The van der Waals surface area contributed by atoms with Crippen LogP contribution < -0.4 is 5.32 Å². The Bertz CT molecular complexity index is 223. The highest BCUT2D eigenvalue weighted by Gasteiger charge is 2.46. The van der Waals surface area contributed by atoms with Crippen molar-refractivity contribution in [3.8, 4) is 0 Å². The first-order chi connectivity index (χ1) is 6.97. The smallest absolute Gasteiger partial charge is 0.0209 e. The van der Waals surface area contributed by atoms with Crippen molar-refractivity contribution >= 4 is 0 Å². The predicted octanol–water partition coefficient (Wildman–Crippen LogP) is 2.10. The summed E-state index contributed by atoms with van der Waals surface area (Å²) in [6.07, 6.45) is 2.77. The third-order valence-electron chi connectivity index (χ3n) is 4.04. The molecule has 0 bridgehead atoms. The molecule has 0 aromatic rings. The van der Waals surface area contributed by atoms with Gasteiger partial charge >= 0.3 is 0 Å². The molecule has 2 atom stereocenters. The van der Waals surface area contributed by atoms with E-state index in [2.05, 4.69) is 37.9 Å². The minimum absolute atomic E-state index is 0.632. The number of nitrogens with zero attached hydrogens (tertiary/aromatic N) is 1. The van der Waals surface area contributed by atoms with Gasteiger partial charge in [-0.3, -0.25) is 0 Å². The first-order valence-corrected chi connectivity index (χ1v) is 6.46. The zero-order valence-electron chi connectivity index (χ0n) is 10.7. The second kappa shape index (κ2) is 4.06. The molecule has 88 valence electrons.